The van der Waals surface area contributed by atoms with Crippen LogP contribution in [0.4, 0.5) is 4.39 Å². The van der Waals surface area contributed by atoms with Crippen molar-refractivity contribution < 1.29 is 13.9 Å². The van der Waals surface area contributed by atoms with Crippen molar-refractivity contribution in [1.82, 2.24) is 10.2 Å². The number of rotatable bonds is 5. The fourth-order valence-electron chi connectivity index (χ4n) is 3.28. The highest BCUT2D eigenvalue weighted by Crippen LogP contribution is 2.34. The van der Waals surface area contributed by atoms with E-state index < -0.39 is 0 Å². The van der Waals surface area contributed by atoms with Gasteiger partial charge in [0.15, 0.2) is 11.5 Å². The molecule has 0 unspecified atom stereocenters. The van der Waals surface area contributed by atoms with Crippen LogP contribution in [-0.2, 0) is 0 Å². The van der Waals surface area contributed by atoms with Gasteiger partial charge >= 0.3 is 0 Å². The quantitative estimate of drug-likeness (QED) is 0.446. The number of halogens is 1. The summed E-state index contributed by atoms with van der Waals surface area (Å²) >= 11 is 0. The molecule has 4 rings (SSSR count). The van der Waals surface area contributed by atoms with Crippen LogP contribution in [0.5, 0.6) is 11.5 Å². The van der Waals surface area contributed by atoms with E-state index in [9.17, 15) is 4.39 Å². The van der Waals surface area contributed by atoms with Gasteiger partial charge < -0.3 is 9.47 Å². The van der Waals surface area contributed by atoms with Crippen LogP contribution in [-0.4, -0.2) is 23.4 Å². The number of nitrogens with zero attached hydrogens (tertiary/aromatic N) is 1. The molecule has 0 atom stereocenters. The highest BCUT2D eigenvalue weighted by molar-refractivity contribution is 5.91. The van der Waals surface area contributed by atoms with E-state index >= 15 is 0 Å². The third-order valence-corrected chi connectivity index (χ3v) is 4.65. The Morgan fingerprint density at radius 3 is 2.33 bits per heavy atom. The van der Waals surface area contributed by atoms with Crippen LogP contribution in [0.3, 0.4) is 0 Å². The van der Waals surface area contributed by atoms with Gasteiger partial charge in [-0.2, -0.15) is 5.10 Å². The van der Waals surface area contributed by atoms with E-state index in [-0.39, 0.29) is 5.82 Å². The molecule has 0 aliphatic heterocycles. The molecule has 4 nitrogen and oxygen atoms in total. The number of benzene rings is 3. The first-order valence-corrected chi connectivity index (χ1v) is 9.83. The van der Waals surface area contributed by atoms with Gasteiger partial charge in [-0.3, -0.25) is 5.10 Å². The Hall–Kier alpha value is -3.78. The maximum Gasteiger partial charge on any atom is 0.161 e. The molecule has 0 amide bonds. The van der Waals surface area contributed by atoms with E-state index in [1.165, 1.54) is 12.1 Å². The fraction of sp³-hybridized carbons (Fsp3) is 0.160. The second-order valence-electron chi connectivity index (χ2n) is 6.61. The van der Waals surface area contributed by atoms with Gasteiger partial charge in [0, 0.05) is 16.5 Å². The largest absolute Gasteiger partial charge is 0.490 e. The maximum absolute atomic E-state index is 13.2. The lowest BCUT2D eigenvalue weighted by Gasteiger charge is -2.13. The second kappa shape index (κ2) is 8.71. The molecule has 0 aliphatic carbocycles. The Morgan fingerprint density at radius 2 is 1.60 bits per heavy atom. The summed E-state index contributed by atoms with van der Waals surface area (Å²) in [4.78, 5) is 0. The van der Waals surface area contributed by atoms with Gasteiger partial charge in [-0.25, -0.2) is 4.39 Å². The summed E-state index contributed by atoms with van der Waals surface area (Å²) < 4.78 is 24.7. The predicted molar refractivity (Wildman–Crippen MR) is 116 cm³/mol. The molecule has 5 heteroatoms. The third-order valence-electron chi connectivity index (χ3n) is 4.65. The van der Waals surface area contributed by atoms with Gasteiger partial charge in [-0.05, 0) is 61.7 Å². The van der Waals surface area contributed by atoms with Crippen LogP contribution in [0.15, 0.2) is 60.8 Å². The minimum Gasteiger partial charge on any atom is -0.490 e. The summed E-state index contributed by atoms with van der Waals surface area (Å²) in [6, 6.07) is 16.2. The first-order chi connectivity index (χ1) is 14.7. The number of hydrogen-bond donors (Lipinski definition) is 1. The van der Waals surface area contributed by atoms with Gasteiger partial charge in [-0.1, -0.05) is 24.0 Å². The average Bonchev–Trinajstić information content (AvgIpc) is 3.22. The minimum atomic E-state index is -0.279. The van der Waals surface area contributed by atoms with Crippen LogP contribution >= 0.6 is 0 Å². The van der Waals surface area contributed by atoms with Crippen molar-refractivity contribution in [3.63, 3.8) is 0 Å². The Labute approximate surface area is 174 Å². The standard InChI is InChI=1S/C25H21FN2O2/c1-3-29-23-14-19-7-5-6-17(22(19)15-24(23)30-4-2)8-9-20-16-27-28-25(20)18-10-12-21(26)13-11-18/h5-7,10-16H,3-4H2,1-2H3,(H,27,28). The lowest BCUT2D eigenvalue weighted by atomic mass is 10.0. The summed E-state index contributed by atoms with van der Waals surface area (Å²) in [5, 5.41) is 9.08. The molecule has 0 saturated carbocycles. The van der Waals surface area contributed by atoms with Gasteiger partial charge in [0.05, 0.1) is 30.7 Å². The molecule has 0 spiro atoms. The Bertz CT molecular complexity index is 1230. The lowest BCUT2D eigenvalue weighted by Crippen LogP contribution is -1.98. The number of ether oxygens (including phenoxy) is 2. The summed E-state index contributed by atoms with van der Waals surface area (Å²) in [5.74, 6) is 7.60. The van der Waals surface area contributed by atoms with Crippen molar-refractivity contribution in [2.45, 2.75) is 13.8 Å². The minimum absolute atomic E-state index is 0.279. The number of fused-ring (bicyclic) bond motifs is 1. The SMILES string of the molecule is CCOc1cc2cccc(C#Cc3cn[nH]c3-c3ccc(F)cc3)c2cc1OCC. The molecule has 1 aromatic heterocycles. The number of aromatic nitrogens is 2. The van der Waals surface area contributed by atoms with Crippen LogP contribution in [0.2, 0.25) is 0 Å². The van der Waals surface area contributed by atoms with Crippen LogP contribution in [0.1, 0.15) is 25.0 Å². The number of nitrogens with one attached hydrogen (secondary N) is 1. The van der Waals surface area contributed by atoms with Gasteiger partial charge in [-0.15, -0.1) is 0 Å². The molecular weight excluding hydrogens is 379 g/mol. The van der Waals surface area contributed by atoms with Crippen LogP contribution in [0, 0.1) is 17.7 Å². The molecule has 4 aromatic rings. The maximum atomic E-state index is 13.2. The molecule has 1 N–H and O–H groups in total. The molecule has 1 heterocycles. The normalized spacial score (nSPS) is 10.5. The highest BCUT2D eigenvalue weighted by atomic mass is 19.1. The fourth-order valence-corrected chi connectivity index (χ4v) is 3.28. The molecule has 3 aromatic carbocycles. The summed E-state index contributed by atoms with van der Waals surface area (Å²) in [6.45, 7) is 5.01. The van der Waals surface area contributed by atoms with E-state index in [0.29, 0.717) is 19.0 Å². The van der Waals surface area contributed by atoms with Crippen molar-refractivity contribution in [1.29, 1.82) is 0 Å². The summed E-state index contributed by atoms with van der Waals surface area (Å²) in [6.07, 6.45) is 1.68. The molecular formula is C25H21FN2O2. The molecule has 0 aliphatic rings. The first kappa shape index (κ1) is 19.5. The topological polar surface area (TPSA) is 47.1 Å². The van der Waals surface area contributed by atoms with Gasteiger partial charge in [0.25, 0.3) is 0 Å². The number of aromatic amines is 1. The molecule has 0 bridgehead atoms. The van der Waals surface area contributed by atoms with Gasteiger partial charge in [0.2, 0.25) is 0 Å². The van der Waals surface area contributed by atoms with E-state index in [1.54, 1.807) is 18.3 Å². The second-order valence-corrected chi connectivity index (χ2v) is 6.61. The Kier molecular flexibility index (Phi) is 5.67. The van der Waals surface area contributed by atoms with Crippen molar-refractivity contribution in [2.24, 2.45) is 0 Å². The highest BCUT2D eigenvalue weighted by Gasteiger charge is 2.10. The van der Waals surface area contributed by atoms with E-state index in [2.05, 4.69) is 22.0 Å². The number of H-pyrrole nitrogens is 1. The molecule has 30 heavy (non-hydrogen) atoms. The van der Waals surface area contributed by atoms with Crippen LogP contribution < -0.4 is 9.47 Å². The van der Waals surface area contributed by atoms with Gasteiger partial charge in [0.1, 0.15) is 5.82 Å². The van der Waals surface area contributed by atoms with Crippen molar-refractivity contribution in [3.8, 4) is 34.6 Å². The lowest BCUT2D eigenvalue weighted by molar-refractivity contribution is 0.288. The summed E-state index contributed by atoms with van der Waals surface area (Å²) in [5.41, 5.74) is 3.21. The molecule has 150 valence electrons. The summed E-state index contributed by atoms with van der Waals surface area (Å²) in [7, 11) is 0. The van der Waals surface area contributed by atoms with E-state index in [4.69, 9.17) is 9.47 Å². The molecule has 0 saturated heterocycles. The predicted octanol–water partition coefficient (Wildman–Crippen LogP) is 5.57. The monoisotopic (exact) mass is 400 g/mol. The molecule has 0 fully saturated rings. The van der Waals surface area contributed by atoms with Crippen molar-refractivity contribution >= 4 is 10.8 Å². The van der Waals surface area contributed by atoms with Crippen LogP contribution in [0.25, 0.3) is 22.0 Å². The number of hydrogen-bond acceptors (Lipinski definition) is 3. The smallest absolute Gasteiger partial charge is 0.161 e. The van der Waals surface area contributed by atoms with E-state index in [0.717, 1.165) is 38.9 Å². The van der Waals surface area contributed by atoms with Crippen molar-refractivity contribution in [3.05, 3.63) is 77.7 Å². The van der Waals surface area contributed by atoms with Crippen molar-refractivity contribution in [2.75, 3.05) is 13.2 Å². The zero-order valence-electron chi connectivity index (χ0n) is 16.8. The Morgan fingerprint density at radius 1 is 0.900 bits per heavy atom. The zero-order chi connectivity index (χ0) is 20.9. The first-order valence-electron chi connectivity index (χ1n) is 9.83. The zero-order valence-corrected chi connectivity index (χ0v) is 16.8. The third kappa shape index (κ3) is 3.99. The molecule has 0 radical (unpaired) electrons. The van der Waals surface area contributed by atoms with E-state index in [1.807, 2.05) is 44.2 Å². The Balaban J connectivity index is 1.76. The average molecular weight is 400 g/mol.